The SMILES string of the molecule is Cc1cnc2c(C(C)(C)C)c(NC(=O)CC3CCCCC3)nn2c1. The standard InChI is InChI=1S/C19H28N4O/c1-13-11-20-18-16(19(2,3)4)17(22-23(18)12-13)21-15(24)10-14-8-6-5-7-9-14/h11-12,14H,5-10H2,1-4H3,(H,21,22,24). The highest BCUT2D eigenvalue weighted by molar-refractivity contribution is 5.92. The van der Waals surface area contributed by atoms with Gasteiger partial charge in [0.05, 0.1) is 0 Å². The van der Waals surface area contributed by atoms with Gasteiger partial charge in [0.25, 0.3) is 0 Å². The predicted octanol–water partition coefficient (Wildman–Crippen LogP) is 4.24. The molecule has 0 atom stereocenters. The molecule has 2 aromatic heterocycles. The minimum absolute atomic E-state index is 0.0764. The molecule has 0 aromatic carbocycles. The van der Waals surface area contributed by atoms with Gasteiger partial charge in [-0.15, -0.1) is 5.10 Å². The molecular weight excluding hydrogens is 300 g/mol. The van der Waals surface area contributed by atoms with Crippen molar-refractivity contribution in [1.82, 2.24) is 14.6 Å². The minimum atomic E-state index is -0.141. The second-order valence-corrected chi connectivity index (χ2v) is 8.13. The van der Waals surface area contributed by atoms with Gasteiger partial charge < -0.3 is 5.32 Å². The van der Waals surface area contributed by atoms with Crippen molar-refractivity contribution in [2.24, 2.45) is 5.92 Å². The molecule has 24 heavy (non-hydrogen) atoms. The predicted molar refractivity (Wildman–Crippen MR) is 96.2 cm³/mol. The fraction of sp³-hybridized carbons (Fsp3) is 0.632. The Morgan fingerprint density at radius 3 is 2.67 bits per heavy atom. The highest BCUT2D eigenvalue weighted by Crippen LogP contribution is 2.33. The average Bonchev–Trinajstić information content (AvgIpc) is 2.84. The number of nitrogens with zero attached hydrogens (tertiary/aromatic N) is 3. The van der Waals surface area contributed by atoms with Crippen LogP contribution in [0.15, 0.2) is 12.4 Å². The lowest BCUT2D eigenvalue weighted by molar-refractivity contribution is -0.117. The van der Waals surface area contributed by atoms with E-state index in [0.29, 0.717) is 18.2 Å². The van der Waals surface area contributed by atoms with Crippen LogP contribution in [0.3, 0.4) is 0 Å². The first-order chi connectivity index (χ1) is 11.3. The monoisotopic (exact) mass is 328 g/mol. The maximum atomic E-state index is 12.5. The second-order valence-electron chi connectivity index (χ2n) is 8.13. The summed E-state index contributed by atoms with van der Waals surface area (Å²) in [7, 11) is 0. The maximum Gasteiger partial charge on any atom is 0.225 e. The first-order valence-corrected chi connectivity index (χ1v) is 9.00. The third kappa shape index (κ3) is 3.60. The third-order valence-electron chi connectivity index (χ3n) is 4.81. The number of carbonyl (C=O) groups excluding carboxylic acids is 1. The van der Waals surface area contributed by atoms with Gasteiger partial charge in [-0.1, -0.05) is 40.0 Å². The topological polar surface area (TPSA) is 59.3 Å². The zero-order valence-corrected chi connectivity index (χ0v) is 15.2. The molecule has 1 saturated carbocycles. The molecule has 5 nitrogen and oxygen atoms in total. The van der Waals surface area contributed by atoms with Crippen LogP contribution >= 0.6 is 0 Å². The molecule has 1 N–H and O–H groups in total. The van der Waals surface area contributed by atoms with E-state index in [9.17, 15) is 4.79 Å². The van der Waals surface area contributed by atoms with Gasteiger partial charge in [0.15, 0.2) is 11.5 Å². The second kappa shape index (κ2) is 6.54. The normalized spacial score (nSPS) is 16.5. The van der Waals surface area contributed by atoms with Crippen LogP contribution in [-0.2, 0) is 10.2 Å². The van der Waals surface area contributed by atoms with Crippen molar-refractivity contribution in [1.29, 1.82) is 0 Å². The molecule has 1 fully saturated rings. The van der Waals surface area contributed by atoms with E-state index in [0.717, 1.165) is 16.8 Å². The van der Waals surface area contributed by atoms with E-state index in [1.165, 1.54) is 32.1 Å². The summed E-state index contributed by atoms with van der Waals surface area (Å²) in [5, 5.41) is 7.66. The smallest absolute Gasteiger partial charge is 0.225 e. The summed E-state index contributed by atoms with van der Waals surface area (Å²) in [6, 6.07) is 0. The molecule has 0 unspecified atom stereocenters. The van der Waals surface area contributed by atoms with Gasteiger partial charge in [0.1, 0.15) is 0 Å². The Labute approximate surface area is 143 Å². The minimum Gasteiger partial charge on any atom is -0.309 e. The summed E-state index contributed by atoms with van der Waals surface area (Å²) < 4.78 is 1.78. The van der Waals surface area contributed by atoms with Crippen LogP contribution in [0.25, 0.3) is 5.65 Å². The Balaban J connectivity index is 1.86. The fourth-order valence-electron chi connectivity index (χ4n) is 3.64. The van der Waals surface area contributed by atoms with Gasteiger partial charge in [-0.05, 0) is 36.7 Å². The Morgan fingerprint density at radius 1 is 1.29 bits per heavy atom. The van der Waals surface area contributed by atoms with Crippen LogP contribution in [0, 0.1) is 12.8 Å². The summed E-state index contributed by atoms with van der Waals surface area (Å²) in [5.74, 6) is 1.25. The Bertz CT molecular complexity index is 736. The van der Waals surface area contributed by atoms with Gasteiger partial charge in [0, 0.05) is 24.4 Å². The van der Waals surface area contributed by atoms with Crippen LogP contribution in [0.5, 0.6) is 0 Å². The average molecular weight is 328 g/mol. The third-order valence-corrected chi connectivity index (χ3v) is 4.81. The van der Waals surface area contributed by atoms with E-state index in [2.05, 4.69) is 36.2 Å². The summed E-state index contributed by atoms with van der Waals surface area (Å²) in [5.41, 5.74) is 2.73. The molecule has 0 saturated heterocycles. The molecule has 1 amide bonds. The number of nitrogens with one attached hydrogen (secondary N) is 1. The quantitative estimate of drug-likeness (QED) is 0.916. The molecule has 0 aliphatic heterocycles. The van der Waals surface area contributed by atoms with E-state index in [1.54, 1.807) is 4.52 Å². The van der Waals surface area contributed by atoms with Gasteiger partial charge in [-0.3, -0.25) is 4.79 Å². The van der Waals surface area contributed by atoms with E-state index in [4.69, 9.17) is 0 Å². The lowest BCUT2D eigenvalue weighted by Gasteiger charge is -2.22. The highest BCUT2D eigenvalue weighted by Gasteiger charge is 2.27. The maximum absolute atomic E-state index is 12.5. The summed E-state index contributed by atoms with van der Waals surface area (Å²) in [6.45, 7) is 8.37. The van der Waals surface area contributed by atoms with Crippen LogP contribution in [-0.4, -0.2) is 20.5 Å². The van der Waals surface area contributed by atoms with Gasteiger partial charge in [0.2, 0.25) is 5.91 Å². The number of amides is 1. The van der Waals surface area contributed by atoms with Gasteiger partial charge in [-0.25, -0.2) is 9.50 Å². The summed E-state index contributed by atoms with van der Waals surface area (Å²) in [4.78, 5) is 17.1. The fourth-order valence-corrected chi connectivity index (χ4v) is 3.64. The van der Waals surface area contributed by atoms with Crippen molar-refractivity contribution < 1.29 is 4.79 Å². The molecule has 130 valence electrons. The molecule has 1 aliphatic rings. The van der Waals surface area contributed by atoms with E-state index in [-0.39, 0.29) is 11.3 Å². The van der Waals surface area contributed by atoms with E-state index >= 15 is 0 Å². The van der Waals surface area contributed by atoms with Crippen molar-refractivity contribution in [3.63, 3.8) is 0 Å². The Hall–Kier alpha value is -1.91. The van der Waals surface area contributed by atoms with Crippen molar-refractivity contribution >= 4 is 17.4 Å². The molecule has 5 heteroatoms. The lowest BCUT2D eigenvalue weighted by atomic mass is 9.86. The van der Waals surface area contributed by atoms with Crippen LogP contribution in [0.2, 0.25) is 0 Å². The number of hydrogen-bond acceptors (Lipinski definition) is 3. The van der Waals surface area contributed by atoms with Crippen LogP contribution < -0.4 is 5.32 Å². The van der Waals surface area contributed by atoms with Gasteiger partial charge in [-0.2, -0.15) is 0 Å². The highest BCUT2D eigenvalue weighted by atomic mass is 16.1. The number of fused-ring (bicyclic) bond motifs is 1. The number of aryl methyl sites for hydroxylation is 1. The molecule has 3 rings (SSSR count). The van der Waals surface area contributed by atoms with Crippen LogP contribution in [0.4, 0.5) is 5.82 Å². The Kier molecular flexibility index (Phi) is 4.61. The van der Waals surface area contributed by atoms with Crippen molar-refractivity contribution in [3.8, 4) is 0 Å². The number of hydrogen-bond donors (Lipinski definition) is 1. The number of rotatable bonds is 3. The Morgan fingerprint density at radius 2 is 2.00 bits per heavy atom. The van der Waals surface area contributed by atoms with Crippen LogP contribution in [0.1, 0.15) is 70.4 Å². The lowest BCUT2D eigenvalue weighted by Crippen LogP contribution is -2.21. The molecule has 0 bridgehead atoms. The van der Waals surface area contributed by atoms with Gasteiger partial charge >= 0.3 is 0 Å². The van der Waals surface area contributed by atoms with Crippen molar-refractivity contribution in [2.75, 3.05) is 5.32 Å². The molecule has 2 heterocycles. The van der Waals surface area contributed by atoms with Crippen molar-refractivity contribution in [3.05, 3.63) is 23.5 Å². The zero-order chi connectivity index (χ0) is 17.3. The first-order valence-electron chi connectivity index (χ1n) is 9.00. The molecule has 0 radical (unpaired) electrons. The summed E-state index contributed by atoms with van der Waals surface area (Å²) in [6.07, 6.45) is 10.6. The summed E-state index contributed by atoms with van der Waals surface area (Å²) >= 11 is 0. The first kappa shape index (κ1) is 16.9. The molecular formula is C19H28N4O. The molecule has 1 aliphatic carbocycles. The number of aromatic nitrogens is 3. The number of carbonyl (C=O) groups is 1. The molecule has 0 spiro atoms. The largest absolute Gasteiger partial charge is 0.309 e. The molecule has 2 aromatic rings. The van der Waals surface area contributed by atoms with E-state index < -0.39 is 0 Å². The zero-order valence-electron chi connectivity index (χ0n) is 15.2. The number of anilines is 1. The van der Waals surface area contributed by atoms with E-state index in [1.807, 2.05) is 19.3 Å². The van der Waals surface area contributed by atoms with Crippen molar-refractivity contribution in [2.45, 2.75) is 71.6 Å².